The van der Waals surface area contributed by atoms with Gasteiger partial charge in [0, 0.05) is 20.6 Å². The fourth-order valence-corrected chi connectivity index (χ4v) is 3.54. The second-order valence-electron chi connectivity index (χ2n) is 6.21. The molecule has 0 radical (unpaired) electrons. The minimum Gasteiger partial charge on any atom is -0.240 e. The van der Waals surface area contributed by atoms with Gasteiger partial charge >= 0.3 is 6.18 Å². The van der Waals surface area contributed by atoms with Gasteiger partial charge in [0.05, 0.1) is 17.1 Å². The highest BCUT2D eigenvalue weighted by Crippen LogP contribution is 2.34. The second-order valence-corrected chi connectivity index (χ2v) is 8.28. The predicted octanol–water partition coefficient (Wildman–Crippen LogP) is 7.88. The van der Waals surface area contributed by atoms with E-state index in [9.17, 15) is 13.2 Å². The lowest BCUT2D eigenvalue weighted by molar-refractivity contribution is -0.137. The first kappa shape index (κ1) is 21.5. The van der Waals surface area contributed by atoms with Gasteiger partial charge in [0.15, 0.2) is 0 Å². The molecular formula is C19H17BrF3N5S. The Kier molecular flexibility index (Phi) is 6.74. The Hall–Kier alpha value is -2.20. The topological polar surface area (TPSA) is 52.7 Å². The maximum atomic E-state index is 12.9. The number of rotatable bonds is 5. The van der Waals surface area contributed by atoms with Crippen molar-refractivity contribution in [2.75, 3.05) is 5.88 Å². The van der Waals surface area contributed by atoms with Crippen LogP contribution in [0.2, 0.25) is 0 Å². The van der Waals surface area contributed by atoms with Gasteiger partial charge in [0.1, 0.15) is 0 Å². The highest BCUT2D eigenvalue weighted by Gasteiger charge is 2.30. The lowest BCUT2D eigenvalue weighted by atomic mass is 10.2. The van der Waals surface area contributed by atoms with E-state index < -0.39 is 17.9 Å². The summed E-state index contributed by atoms with van der Waals surface area (Å²) in [5.74, 6) is 0.652. The van der Waals surface area contributed by atoms with Gasteiger partial charge in [0.25, 0.3) is 0 Å². The van der Waals surface area contributed by atoms with Crippen LogP contribution in [-0.2, 0) is 6.18 Å². The zero-order valence-corrected chi connectivity index (χ0v) is 18.0. The van der Waals surface area contributed by atoms with E-state index >= 15 is 0 Å². The SMILES string of the molecule is CC1=C(C)N(N=NC(N=Nc2cccc(C(F)(F)F)c2)c2ccc(Br)cc2)CS1. The maximum absolute atomic E-state index is 12.9. The molecule has 1 unspecified atom stereocenters. The first-order valence-electron chi connectivity index (χ1n) is 8.56. The number of alkyl halides is 3. The summed E-state index contributed by atoms with van der Waals surface area (Å²) in [7, 11) is 0. The average molecular weight is 484 g/mol. The monoisotopic (exact) mass is 483 g/mol. The first-order chi connectivity index (χ1) is 13.7. The highest BCUT2D eigenvalue weighted by atomic mass is 79.9. The Morgan fingerprint density at radius 1 is 1.07 bits per heavy atom. The molecule has 0 spiro atoms. The van der Waals surface area contributed by atoms with Crippen molar-refractivity contribution < 1.29 is 13.2 Å². The van der Waals surface area contributed by atoms with E-state index in [1.165, 1.54) is 12.1 Å². The van der Waals surface area contributed by atoms with E-state index in [0.717, 1.165) is 32.8 Å². The number of benzene rings is 2. The molecule has 1 atom stereocenters. The Morgan fingerprint density at radius 3 is 2.41 bits per heavy atom. The minimum atomic E-state index is -4.44. The molecule has 0 aromatic heterocycles. The third-order valence-corrected chi connectivity index (χ3v) is 5.82. The van der Waals surface area contributed by atoms with Crippen LogP contribution in [0, 0.1) is 0 Å². The third-order valence-electron chi connectivity index (χ3n) is 4.19. The number of thioether (sulfide) groups is 1. The van der Waals surface area contributed by atoms with Gasteiger partial charge in [-0.2, -0.15) is 23.4 Å². The predicted molar refractivity (Wildman–Crippen MR) is 110 cm³/mol. The molecule has 2 aromatic rings. The summed E-state index contributed by atoms with van der Waals surface area (Å²) in [5.41, 5.74) is 1.04. The molecule has 0 N–H and O–H groups in total. The quantitative estimate of drug-likeness (QED) is 0.406. The summed E-state index contributed by atoms with van der Waals surface area (Å²) in [6, 6.07) is 12.0. The highest BCUT2D eigenvalue weighted by molar-refractivity contribution is 9.10. The summed E-state index contributed by atoms with van der Waals surface area (Å²) in [6.45, 7) is 3.96. The Labute approximate surface area is 178 Å². The van der Waals surface area contributed by atoms with Gasteiger partial charge < -0.3 is 0 Å². The fourth-order valence-electron chi connectivity index (χ4n) is 2.40. The van der Waals surface area contributed by atoms with Crippen molar-refractivity contribution in [2.24, 2.45) is 20.6 Å². The standard InChI is InChI=1S/C19H17BrF3N5S/c1-12-13(2)29-11-28(12)27-26-18(14-6-8-16(20)9-7-14)25-24-17-5-3-4-15(10-17)19(21,22)23/h3-10,18H,11H2,1-2H3. The Bertz CT molecular complexity index is 957. The van der Waals surface area contributed by atoms with Crippen molar-refractivity contribution in [3.8, 4) is 0 Å². The number of nitrogens with zero attached hydrogens (tertiary/aromatic N) is 5. The van der Waals surface area contributed by atoms with Gasteiger partial charge in [-0.1, -0.05) is 39.4 Å². The summed E-state index contributed by atoms with van der Waals surface area (Å²) >= 11 is 5.03. The minimum absolute atomic E-state index is 0.0979. The molecule has 152 valence electrons. The third kappa shape index (κ3) is 5.66. The molecule has 0 amide bonds. The zero-order chi connectivity index (χ0) is 21.0. The first-order valence-corrected chi connectivity index (χ1v) is 10.3. The number of azo groups is 1. The molecule has 1 aliphatic rings. The normalized spacial score (nSPS) is 16.4. The molecule has 2 aromatic carbocycles. The van der Waals surface area contributed by atoms with Crippen LogP contribution in [0.4, 0.5) is 18.9 Å². The van der Waals surface area contributed by atoms with Crippen molar-refractivity contribution in [1.82, 2.24) is 5.01 Å². The van der Waals surface area contributed by atoms with Gasteiger partial charge in [-0.15, -0.1) is 16.9 Å². The molecule has 0 fully saturated rings. The fraction of sp³-hybridized carbons (Fsp3) is 0.263. The molecule has 5 nitrogen and oxygen atoms in total. The summed E-state index contributed by atoms with van der Waals surface area (Å²) in [5, 5.41) is 18.4. The number of hydrogen-bond donors (Lipinski definition) is 0. The van der Waals surface area contributed by atoms with E-state index in [1.807, 2.05) is 38.1 Å². The molecule has 10 heteroatoms. The average Bonchev–Trinajstić information content (AvgIpc) is 3.01. The van der Waals surface area contributed by atoms with Crippen LogP contribution in [0.1, 0.15) is 31.1 Å². The van der Waals surface area contributed by atoms with E-state index in [-0.39, 0.29) is 5.69 Å². The largest absolute Gasteiger partial charge is 0.416 e. The van der Waals surface area contributed by atoms with Crippen LogP contribution < -0.4 is 0 Å². The zero-order valence-electron chi connectivity index (χ0n) is 15.6. The van der Waals surface area contributed by atoms with Gasteiger partial charge in [-0.25, -0.2) is 5.01 Å². The smallest absolute Gasteiger partial charge is 0.240 e. The Balaban J connectivity index is 1.87. The van der Waals surface area contributed by atoms with Crippen molar-refractivity contribution in [3.05, 3.63) is 74.7 Å². The number of allylic oxidation sites excluding steroid dienone is 2. The molecule has 3 rings (SSSR count). The van der Waals surface area contributed by atoms with Crippen molar-refractivity contribution in [3.63, 3.8) is 0 Å². The molecule has 0 saturated heterocycles. The summed E-state index contributed by atoms with van der Waals surface area (Å²) < 4.78 is 39.6. The molecule has 0 saturated carbocycles. The molecule has 1 aliphatic heterocycles. The van der Waals surface area contributed by atoms with E-state index in [4.69, 9.17) is 0 Å². The second kappa shape index (κ2) is 9.08. The van der Waals surface area contributed by atoms with Gasteiger partial charge in [-0.3, -0.25) is 0 Å². The van der Waals surface area contributed by atoms with Crippen LogP contribution in [-0.4, -0.2) is 10.9 Å². The van der Waals surface area contributed by atoms with E-state index in [1.54, 1.807) is 16.8 Å². The molecule has 29 heavy (non-hydrogen) atoms. The van der Waals surface area contributed by atoms with Crippen LogP contribution in [0.3, 0.4) is 0 Å². The van der Waals surface area contributed by atoms with E-state index in [0.29, 0.717) is 5.88 Å². The van der Waals surface area contributed by atoms with Crippen LogP contribution in [0.15, 0.2) is 84.2 Å². The van der Waals surface area contributed by atoms with E-state index in [2.05, 4.69) is 36.5 Å². The Morgan fingerprint density at radius 2 is 1.79 bits per heavy atom. The van der Waals surface area contributed by atoms with Crippen molar-refractivity contribution in [2.45, 2.75) is 26.2 Å². The molecule has 0 aliphatic carbocycles. The molecule has 1 heterocycles. The van der Waals surface area contributed by atoms with Gasteiger partial charge in [0.2, 0.25) is 6.17 Å². The van der Waals surface area contributed by atoms with Crippen molar-refractivity contribution >= 4 is 33.4 Å². The van der Waals surface area contributed by atoms with Crippen LogP contribution in [0.25, 0.3) is 0 Å². The van der Waals surface area contributed by atoms with Crippen molar-refractivity contribution in [1.29, 1.82) is 0 Å². The molecular weight excluding hydrogens is 467 g/mol. The maximum Gasteiger partial charge on any atom is 0.416 e. The lowest BCUT2D eigenvalue weighted by Crippen LogP contribution is -2.09. The van der Waals surface area contributed by atoms with Gasteiger partial charge in [-0.05, 0) is 44.2 Å². The number of hydrogen-bond acceptors (Lipinski definition) is 5. The van der Waals surface area contributed by atoms with Crippen LogP contribution >= 0.6 is 27.7 Å². The summed E-state index contributed by atoms with van der Waals surface area (Å²) in [6.07, 6.45) is -5.22. The number of halogens is 4. The van der Waals surface area contributed by atoms with Crippen LogP contribution in [0.5, 0.6) is 0 Å². The summed E-state index contributed by atoms with van der Waals surface area (Å²) in [4.78, 5) is 1.16. The molecule has 0 bridgehead atoms. The lowest BCUT2D eigenvalue weighted by Gasteiger charge is -2.12.